The first-order chi connectivity index (χ1) is 17.2. The fourth-order valence-electron chi connectivity index (χ4n) is 3.61. The molecule has 0 spiro atoms. The Hall–Kier alpha value is -3.10. The number of hydrogen-bond donors (Lipinski definition) is 2. The van der Waals surface area contributed by atoms with Crippen molar-refractivity contribution < 1.29 is 9.59 Å². The standard InChI is InChI=1S/C27H32ClN5O2S/c1-6-15-33-25(24(18(4)5)30-26(35)21-9-7-8-10-22(21)28)31-32-27(33)36-16-23(34)29-20-13-11-19(12-14-20)17(2)3/h6-14,17-18,24H,1,15-16H2,2-5H3,(H,29,34)(H,30,35)/t24-/m1/s1. The highest BCUT2D eigenvalue weighted by Crippen LogP contribution is 2.27. The summed E-state index contributed by atoms with van der Waals surface area (Å²) in [4.78, 5) is 25.5. The van der Waals surface area contributed by atoms with Crippen LogP contribution in [0.1, 0.15) is 61.4 Å². The molecule has 0 aliphatic carbocycles. The van der Waals surface area contributed by atoms with Gasteiger partial charge in [-0.05, 0) is 41.7 Å². The van der Waals surface area contributed by atoms with Crippen molar-refractivity contribution in [2.75, 3.05) is 11.1 Å². The van der Waals surface area contributed by atoms with E-state index in [1.807, 2.05) is 42.7 Å². The molecule has 1 atom stereocenters. The Kier molecular flexibility index (Phi) is 9.73. The second-order valence-electron chi connectivity index (χ2n) is 9.03. The van der Waals surface area contributed by atoms with Gasteiger partial charge in [-0.2, -0.15) is 0 Å². The van der Waals surface area contributed by atoms with Crippen molar-refractivity contribution in [3.63, 3.8) is 0 Å². The van der Waals surface area contributed by atoms with Crippen LogP contribution in [0, 0.1) is 5.92 Å². The minimum atomic E-state index is -0.413. The van der Waals surface area contributed by atoms with Gasteiger partial charge < -0.3 is 15.2 Å². The summed E-state index contributed by atoms with van der Waals surface area (Å²) in [5, 5.41) is 15.6. The second-order valence-corrected chi connectivity index (χ2v) is 10.4. The molecule has 2 amide bonds. The van der Waals surface area contributed by atoms with Crippen molar-refractivity contribution in [1.29, 1.82) is 0 Å². The molecule has 0 saturated carbocycles. The van der Waals surface area contributed by atoms with Crippen LogP contribution in [0.15, 0.2) is 66.3 Å². The molecule has 0 aliphatic heterocycles. The molecule has 0 aliphatic rings. The number of benzene rings is 2. The molecule has 190 valence electrons. The second kappa shape index (κ2) is 12.7. The number of carbonyl (C=O) groups is 2. The van der Waals surface area contributed by atoms with Crippen LogP contribution in [0.5, 0.6) is 0 Å². The Morgan fingerprint density at radius 3 is 2.39 bits per heavy atom. The number of rotatable bonds is 11. The predicted octanol–water partition coefficient (Wildman–Crippen LogP) is 6.10. The minimum absolute atomic E-state index is 0.0270. The highest BCUT2D eigenvalue weighted by Gasteiger charge is 2.27. The van der Waals surface area contributed by atoms with E-state index >= 15 is 0 Å². The van der Waals surface area contributed by atoms with Gasteiger partial charge in [-0.15, -0.1) is 16.8 Å². The van der Waals surface area contributed by atoms with E-state index in [1.54, 1.807) is 30.3 Å². The minimum Gasteiger partial charge on any atom is -0.342 e. The molecular weight excluding hydrogens is 494 g/mol. The smallest absolute Gasteiger partial charge is 0.253 e. The van der Waals surface area contributed by atoms with Crippen molar-refractivity contribution in [3.8, 4) is 0 Å². The molecule has 0 fully saturated rings. The maximum absolute atomic E-state index is 12.9. The van der Waals surface area contributed by atoms with Gasteiger partial charge in [-0.25, -0.2) is 0 Å². The maximum atomic E-state index is 12.9. The lowest BCUT2D eigenvalue weighted by atomic mass is 10.0. The van der Waals surface area contributed by atoms with Crippen LogP contribution in [0.3, 0.4) is 0 Å². The summed E-state index contributed by atoms with van der Waals surface area (Å²) >= 11 is 7.50. The Morgan fingerprint density at radius 1 is 1.08 bits per heavy atom. The average molecular weight is 526 g/mol. The van der Waals surface area contributed by atoms with Gasteiger partial charge in [0.2, 0.25) is 5.91 Å². The first-order valence-corrected chi connectivity index (χ1v) is 13.2. The summed E-state index contributed by atoms with van der Waals surface area (Å²) in [6, 6.07) is 14.3. The van der Waals surface area contributed by atoms with E-state index in [2.05, 4.69) is 41.3 Å². The molecule has 36 heavy (non-hydrogen) atoms. The molecule has 7 nitrogen and oxygen atoms in total. The first-order valence-electron chi connectivity index (χ1n) is 11.8. The monoisotopic (exact) mass is 525 g/mol. The van der Waals surface area contributed by atoms with Crippen LogP contribution < -0.4 is 10.6 Å². The fraction of sp³-hybridized carbons (Fsp3) is 0.333. The number of carbonyl (C=O) groups excluding carboxylic acids is 2. The van der Waals surface area contributed by atoms with Crippen LogP contribution >= 0.6 is 23.4 Å². The lowest BCUT2D eigenvalue weighted by Gasteiger charge is -2.23. The number of aromatic nitrogens is 3. The summed E-state index contributed by atoms with van der Waals surface area (Å²) in [6.07, 6.45) is 1.74. The zero-order valence-electron chi connectivity index (χ0n) is 21.0. The van der Waals surface area contributed by atoms with Gasteiger partial charge in [0.1, 0.15) is 0 Å². The number of nitrogens with one attached hydrogen (secondary N) is 2. The first kappa shape index (κ1) is 27.5. The van der Waals surface area contributed by atoms with E-state index in [1.165, 1.54) is 17.3 Å². The van der Waals surface area contributed by atoms with E-state index in [0.29, 0.717) is 34.0 Å². The third-order valence-corrected chi connectivity index (χ3v) is 6.90. The molecule has 0 unspecified atom stereocenters. The van der Waals surface area contributed by atoms with Crippen LogP contribution in [0.25, 0.3) is 0 Å². The third-order valence-electron chi connectivity index (χ3n) is 5.60. The number of nitrogens with zero attached hydrogens (tertiary/aromatic N) is 3. The summed E-state index contributed by atoms with van der Waals surface area (Å²) in [7, 11) is 0. The summed E-state index contributed by atoms with van der Waals surface area (Å²) in [6.45, 7) is 12.5. The van der Waals surface area contributed by atoms with E-state index in [9.17, 15) is 9.59 Å². The number of amides is 2. The van der Waals surface area contributed by atoms with Gasteiger partial charge in [0.05, 0.1) is 22.4 Å². The van der Waals surface area contributed by atoms with E-state index in [-0.39, 0.29) is 23.5 Å². The number of thioether (sulfide) groups is 1. The number of allylic oxidation sites excluding steroid dienone is 1. The van der Waals surface area contributed by atoms with Gasteiger partial charge in [0.15, 0.2) is 11.0 Å². The molecule has 1 aromatic heterocycles. The fourth-order valence-corrected chi connectivity index (χ4v) is 4.59. The van der Waals surface area contributed by atoms with Gasteiger partial charge >= 0.3 is 0 Å². The normalized spacial score (nSPS) is 12.0. The van der Waals surface area contributed by atoms with Crippen molar-refractivity contribution >= 4 is 40.9 Å². The molecule has 1 heterocycles. The topological polar surface area (TPSA) is 88.9 Å². The zero-order chi connectivity index (χ0) is 26.2. The van der Waals surface area contributed by atoms with E-state index in [0.717, 1.165) is 5.69 Å². The summed E-state index contributed by atoms with van der Waals surface area (Å²) in [5.41, 5.74) is 2.36. The Balaban J connectivity index is 1.73. The Bertz CT molecular complexity index is 1210. The molecule has 3 rings (SSSR count). The molecular formula is C27H32ClN5O2S. The largest absolute Gasteiger partial charge is 0.342 e. The molecule has 9 heteroatoms. The summed E-state index contributed by atoms with van der Waals surface area (Å²) in [5.74, 6) is 0.792. The molecule has 2 aromatic carbocycles. The molecule has 0 bridgehead atoms. The molecule has 0 saturated heterocycles. The Labute approximate surface area is 221 Å². The SMILES string of the molecule is C=CCn1c(SCC(=O)Nc2ccc(C(C)C)cc2)nnc1[C@H](NC(=O)c1ccccc1Cl)C(C)C. The highest BCUT2D eigenvalue weighted by molar-refractivity contribution is 7.99. The quantitative estimate of drug-likeness (QED) is 0.233. The molecule has 2 N–H and O–H groups in total. The third kappa shape index (κ3) is 6.98. The van der Waals surface area contributed by atoms with Gasteiger partial charge in [0.25, 0.3) is 5.91 Å². The van der Waals surface area contributed by atoms with Gasteiger partial charge in [-0.3, -0.25) is 9.59 Å². The van der Waals surface area contributed by atoms with Crippen molar-refractivity contribution in [1.82, 2.24) is 20.1 Å². The lowest BCUT2D eigenvalue weighted by molar-refractivity contribution is -0.113. The van der Waals surface area contributed by atoms with Crippen molar-refractivity contribution in [3.05, 3.63) is 83.2 Å². The predicted molar refractivity (Wildman–Crippen MR) is 147 cm³/mol. The maximum Gasteiger partial charge on any atom is 0.253 e. The lowest BCUT2D eigenvalue weighted by Crippen LogP contribution is -2.34. The van der Waals surface area contributed by atoms with Crippen molar-refractivity contribution in [2.45, 2.75) is 51.4 Å². The van der Waals surface area contributed by atoms with Crippen LogP contribution in [-0.2, 0) is 11.3 Å². The van der Waals surface area contributed by atoms with Crippen LogP contribution in [0.2, 0.25) is 5.02 Å². The van der Waals surface area contributed by atoms with Gasteiger partial charge in [0, 0.05) is 12.2 Å². The van der Waals surface area contributed by atoms with Crippen molar-refractivity contribution in [2.24, 2.45) is 5.92 Å². The zero-order valence-corrected chi connectivity index (χ0v) is 22.6. The van der Waals surface area contributed by atoms with Crippen LogP contribution in [0.4, 0.5) is 5.69 Å². The number of halogens is 1. The Morgan fingerprint density at radius 2 is 1.78 bits per heavy atom. The van der Waals surface area contributed by atoms with E-state index < -0.39 is 6.04 Å². The average Bonchev–Trinajstić information content (AvgIpc) is 3.23. The highest BCUT2D eigenvalue weighted by atomic mass is 35.5. The van der Waals surface area contributed by atoms with E-state index in [4.69, 9.17) is 11.6 Å². The number of hydrogen-bond acceptors (Lipinski definition) is 5. The summed E-state index contributed by atoms with van der Waals surface area (Å²) < 4.78 is 1.87. The number of anilines is 1. The van der Waals surface area contributed by atoms with Gasteiger partial charge in [-0.1, -0.05) is 81.4 Å². The van der Waals surface area contributed by atoms with Crippen LogP contribution in [-0.4, -0.2) is 32.3 Å². The molecule has 0 radical (unpaired) electrons. The molecule has 3 aromatic rings.